The van der Waals surface area contributed by atoms with Crippen molar-refractivity contribution < 1.29 is 9.18 Å². The Labute approximate surface area is 204 Å². The molecule has 2 aliphatic heterocycles. The van der Waals surface area contributed by atoms with Crippen molar-refractivity contribution in [3.05, 3.63) is 59.8 Å². The molecule has 2 aliphatic rings. The lowest BCUT2D eigenvalue weighted by Crippen LogP contribution is -2.45. The number of anilines is 3. The van der Waals surface area contributed by atoms with E-state index in [1.54, 1.807) is 29.4 Å². The molecule has 35 heavy (non-hydrogen) atoms. The zero-order valence-electron chi connectivity index (χ0n) is 20.4. The summed E-state index contributed by atoms with van der Waals surface area (Å²) in [6.45, 7) is 10.2. The summed E-state index contributed by atoms with van der Waals surface area (Å²) >= 11 is 0. The van der Waals surface area contributed by atoms with Gasteiger partial charge in [-0.3, -0.25) is 19.3 Å². The number of amides is 1. The van der Waals surface area contributed by atoms with E-state index in [0.29, 0.717) is 18.3 Å². The third kappa shape index (κ3) is 4.89. The van der Waals surface area contributed by atoms with Gasteiger partial charge in [-0.25, -0.2) is 9.37 Å². The molecule has 2 aromatic heterocycles. The van der Waals surface area contributed by atoms with Gasteiger partial charge in [0.2, 0.25) is 11.9 Å². The average molecular weight is 479 g/mol. The Morgan fingerprint density at radius 3 is 2.54 bits per heavy atom. The maximum Gasteiger partial charge on any atom is 0.238 e. The number of likely N-dealkylation sites (N-methyl/N-ethyl adjacent to an activating group) is 1. The Kier molecular flexibility index (Phi) is 6.24. The molecule has 0 aliphatic carbocycles. The predicted octanol–water partition coefficient (Wildman–Crippen LogP) is 2.63. The minimum absolute atomic E-state index is 0.0556. The highest BCUT2D eigenvalue weighted by Gasteiger charge is 2.45. The van der Waals surface area contributed by atoms with Gasteiger partial charge in [-0.15, -0.1) is 0 Å². The summed E-state index contributed by atoms with van der Waals surface area (Å²) in [5, 5.41) is 7.68. The molecule has 0 saturated carbocycles. The molecule has 184 valence electrons. The van der Waals surface area contributed by atoms with Gasteiger partial charge in [0.05, 0.1) is 30.4 Å². The van der Waals surface area contributed by atoms with E-state index in [1.165, 1.54) is 12.1 Å². The van der Waals surface area contributed by atoms with E-state index >= 15 is 0 Å². The van der Waals surface area contributed by atoms with Crippen molar-refractivity contribution in [1.82, 2.24) is 29.5 Å². The van der Waals surface area contributed by atoms with E-state index in [-0.39, 0.29) is 11.7 Å². The monoisotopic (exact) mass is 478 g/mol. The van der Waals surface area contributed by atoms with E-state index in [4.69, 9.17) is 0 Å². The zero-order chi connectivity index (χ0) is 24.6. The van der Waals surface area contributed by atoms with Gasteiger partial charge in [-0.05, 0) is 38.6 Å². The van der Waals surface area contributed by atoms with Crippen LogP contribution in [0.15, 0.2) is 42.9 Å². The van der Waals surface area contributed by atoms with Crippen LogP contribution in [0.3, 0.4) is 0 Å². The maximum absolute atomic E-state index is 13.3. The minimum Gasteiger partial charge on any atom is -0.321 e. The molecular formula is C25H31FN8O. The highest BCUT2D eigenvalue weighted by Crippen LogP contribution is 2.41. The van der Waals surface area contributed by atoms with Crippen molar-refractivity contribution in [2.75, 3.05) is 50.0 Å². The van der Waals surface area contributed by atoms with Crippen LogP contribution in [0.1, 0.15) is 25.0 Å². The van der Waals surface area contributed by atoms with Crippen LogP contribution in [0.25, 0.3) is 0 Å². The van der Waals surface area contributed by atoms with Gasteiger partial charge < -0.3 is 10.2 Å². The number of piperazine rings is 1. The van der Waals surface area contributed by atoms with Crippen LogP contribution in [0.2, 0.25) is 0 Å². The first-order valence-electron chi connectivity index (χ1n) is 11.9. The number of rotatable bonds is 7. The summed E-state index contributed by atoms with van der Waals surface area (Å²) < 4.78 is 15.3. The molecule has 0 spiro atoms. The van der Waals surface area contributed by atoms with Gasteiger partial charge in [-0.1, -0.05) is 12.1 Å². The van der Waals surface area contributed by atoms with Crippen LogP contribution in [0, 0.1) is 5.82 Å². The SMILES string of the molecule is CN1CCN(CCn2cc(Nc3ncc4c(n3)N(Cc3ccc(F)cc3)C(=O)C4(C)C)cn2)CC1. The minimum atomic E-state index is -0.734. The van der Waals surface area contributed by atoms with Crippen LogP contribution < -0.4 is 10.2 Å². The standard InChI is InChI=1S/C25H31FN8O/c1-25(2)21-15-27-24(30-22(21)34(23(25)35)16-18-4-6-19(26)7-5-18)29-20-14-28-33(17-20)13-12-32-10-8-31(3)9-11-32/h4-7,14-15,17H,8-13,16H2,1-3H3,(H,27,29,30). The number of hydrogen-bond acceptors (Lipinski definition) is 7. The molecule has 0 bridgehead atoms. The van der Waals surface area contributed by atoms with Gasteiger partial charge in [0.15, 0.2) is 0 Å². The number of hydrogen-bond donors (Lipinski definition) is 1. The predicted molar refractivity (Wildman–Crippen MR) is 132 cm³/mol. The molecule has 1 N–H and O–H groups in total. The fourth-order valence-corrected chi connectivity index (χ4v) is 4.54. The molecule has 1 aromatic carbocycles. The summed E-state index contributed by atoms with van der Waals surface area (Å²) in [6.07, 6.45) is 5.41. The molecular weight excluding hydrogens is 447 g/mol. The molecule has 10 heteroatoms. The Hall–Kier alpha value is -3.37. The van der Waals surface area contributed by atoms with E-state index in [9.17, 15) is 9.18 Å². The Balaban J connectivity index is 1.28. The normalized spacial score (nSPS) is 18.2. The lowest BCUT2D eigenvalue weighted by atomic mass is 9.88. The number of fused-ring (bicyclic) bond motifs is 1. The number of aromatic nitrogens is 4. The number of halogens is 1. The average Bonchev–Trinajstić information content (AvgIpc) is 3.36. The second-order valence-corrected chi connectivity index (χ2v) is 9.84. The Morgan fingerprint density at radius 1 is 1.06 bits per heavy atom. The smallest absolute Gasteiger partial charge is 0.238 e. The topological polar surface area (TPSA) is 82.4 Å². The second-order valence-electron chi connectivity index (χ2n) is 9.84. The summed E-state index contributed by atoms with van der Waals surface area (Å²) in [6, 6.07) is 6.17. The molecule has 0 unspecified atom stereocenters. The number of carbonyl (C=O) groups is 1. The third-order valence-electron chi connectivity index (χ3n) is 6.86. The summed E-state index contributed by atoms with van der Waals surface area (Å²) in [7, 11) is 2.16. The van der Waals surface area contributed by atoms with E-state index in [0.717, 1.165) is 56.1 Å². The van der Waals surface area contributed by atoms with E-state index < -0.39 is 5.41 Å². The first-order chi connectivity index (χ1) is 16.8. The van der Waals surface area contributed by atoms with Crippen molar-refractivity contribution in [3.8, 4) is 0 Å². The fourth-order valence-electron chi connectivity index (χ4n) is 4.54. The Morgan fingerprint density at radius 2 is 1.80 bits per heavy atom. The highest BCUT2D eigenvalue weighted by atomic mass is 19.1. The highest BCUT2D eigenvalue weighted by molar-refractivity contribution is 6.06. The quantitative estimate of drug-likeness (QED) is 0.559. The first-order valence-corrected chi connectivity index (χ1v) is 11.9. The van der Waals surface area contributed by atoms with Crippen LogP contribution in [0.5, 0.6) is 0 Å². The lowest BCUT2D eigenvalue weighted by Gasteiger charge is -2.32. The number of carbonyl (C=O) groups excluding carboxylic acids is 1. The summed E-state index contributed by atoms with van der Waals surface area (Å²) in [5.74, 6) is 0.612. The van der Waals surface area contributed by atoms with Crippen LogP contribution in [0.4, 0.5) is 21.8 Å². The Bertz CT molecular complexity index is 1200. The van der Waals surface area contributed by atoms with Crippen molar-refractivity contribution >= 4 is 23.4 Å². The lowest BCUT2D eigenvalue weighted by molar-refractivity contribution is -0.122. The summed E-state index contributed by atoms with van der Waals surface area (Å²) in [4.78, 5) is 28.8. The van der Waals surface area contributed by atoms with Crippen LogP contribution in [-0.2, 0) is 23.3 Å². The molecule has 5 rings (SSSR count). The first kappa shape index (κ1) is 23.4. The van der Waals surface area contributed by atoms with Crippen LogP contribution in [-0.4, -0.2) is 75.2 Å². The van der Waals surface area contributed by atoms with E-state index in [2.05, 4.69) is 37.2 Å². The zero-order valence-corrected chi connectivity index (χ0v) is 20.4. The van der Waals surface area contributed by atoms with Crippen molar-refractivity contribution in [2.24, 2.45) is 0 Å². The number of nitrogens with one attached hydrogen (secondary N) is 1. The molecule has 9 nitrogen and oxygen atoms in total. The number of nitrogens with zero attached hydrogens (tertiary/aromatic N) is 7. The van der Waals surface area contributed by atoms with E-state index in [1.807, 2.05) is 24.7 Å². The molecule has 3 aromatic rings. The van der Waals surface area contributed by atoms with Gasteiger partial charge >= 0.3 is 0 Å². The molecule has 0 radical (unpaired) electrons. The van der Waals surface area contributed by atoms with Gasteiger partial charge in [0, 0.05) is 50.7 Å². The van der Waals surface area contributed by atoms with Crippen molar-refractivity contribution in [1.29, 1.82) is 0 Å². The molecule has 1 amide bonds. The van der Waals surface area contributed by atoms with Crippen LogP contribution >= 0.6 is 0 Å². The maximum atomic E-state index is 13.3. The number of benzene rings is 1. The molecule has 1 saturated heterocycles. The van der Waals surface area contributed by atoms with Crippen molar-refractivity contribution in [2.45, 2.75) is 32.4 Å². The van der Waals surface area contributed by atoms with Gasteiger partial charge in [0.1, 0.15) is 11.6 Å². The van der Waals surface area contributed by atoms with Crippen molar-refractivity contribution in [3.63, 3.8) is 0 Å². The van der Waals surface area contributed by atoms with Gasteiger partial charge in [0.25, 0.3) is 0 Å². The summed E-state index contributed by atoms with van der Waals surface area (Å²) in [5.41, 5.74) is 1.66. The third-order valence-corrected chi connectivity index (χ3v) is 6.86. The van der Waals surface area contributed by atoms with Gasteiger partial charge in [-0.2, -0.15) is 10.1 Å². The second kappa shape index (κ2) is 9.35. The molecule has 0 atom stereocenters. The fraction of sp³-hybridized carbons (Fsp3) is 0.440. The molecule has 4 heterocycles. The largest absolute Gasteiger partial charge is 0.321 e. The molecule has 1 fully saturated rings.